The minimum atomic E-state index is -0.292. The molecule has 0 fully saturated rings. The lowest BCUT2D eigenvalue weighted by molar-refractivity contribution is 0.174. The van der Waals surface area contributed by atoms with Crippen LogP contribution in [0.1, 0.15) is 31.7 Å². The average molecular weight is 377 g/mol. The van der Waals surface area contributed by atoms with E-state index in [1.165, 1.54) is 0 Å². The fourth-order valence-corrected chi connectivity index (χ4v) is 2.05. The molecule has 0 saturated carbocycles. The molecule has 21 heavy (non-hydrogen) atoms. The second-order valence-corrected chi connectivity index (χ2v) is 5.49. The molecule has 0 radical (unpaired) electrons. The van der Waals surface area contributed by atoms with Crippen molar-refractivity contribution in [3.63, 3.8) is 0 Å². The van der Waals surface area contributed by atoms with E-state index in [0.29, 0.717) is 17.8 Å². The number of para-hydroxylation sites is 1. The molecule has 1 heterocycles. The Labute approximate surface area is 139 Å². The highest BCUT2D eigenvalue weighted by Gasteiger charge is 2.17. The summed E-state index contributed by atoms with van der Waals surface area (Å²) in [6.07, 6.45) is 0.432. The van der Waals surface area contributed by atoms with Gasteiger partial charge in [-0.3, -0.25) is 0 Å². The molecule has 0 aliphatic carbocycles. The topological polar surface area (TPSA) is 60.2 Å². The predicted octanol–water partition coefficient (Wildman–Crippen LogP) is 3.54. The van der Waals surface area contributed by atoms with Gasteiger partial charge in [0.15, 0.2) is 11.9 Å². The normalized spacial score (nSPS) is 13.3. The number of halogens is 2. The summed E-state index contributed by atoms with van der Waals surface area (Å²) in [5.74, 6) is 1.92. The van der Waals surface area contributed by atoms with Gasteiger partial charge in [-0.15, -0.1) is 12.4 Å². The van der Waals surface area contributed by atoms with Crippen LogP contribution in [0.5, 0.6) is 5.75 Å². The highest BCUT2D eigenvalue weighted by atomic mass is 79.9. The smallest absolute Gasteiger partial charge is 0.267 e. The molecule has 0 aliphatic heterocycles. The number of hydrogen-bond donors (Lipinski definition) is 1. The summed E-state index contributed by atoms with van der Waals surface area (Å²) >= 11 is 3.44. The SMILES string of the molecule is CNC(C)Cc1noc(C(C)Oc2ccccc2Br)n1.Cl. The molecule has 1 aromatic heterocycles. The fraction of sp³-hybridized carbons (Fsp3) is 0.429. The van der Waals surface area contributed by atoms with Crippen molar-refractivity contribution in [1.82, 2.24) is 15.5 Å². The molecular weight excluding hydrogens is 358 g/mol. The van der Waals surface area contributed by atoms with Crippen LogP contribution in [0.25, 0.3) is 0 Å². The van der Waals surface area contributed by atoms with E-state index in [1.54, 1.807) is 0 Å². The molecule has 2 atom stereocenters. The monoisotopic (exact) mass is 375 g/mol. The molecule has 7 heteroatoms. The van der Waals surface area contributed by atoms with E-state index in [4.69, 9.17) is 9.26 Å². The fourth-order valence-electron chi connectivity index (χ4n) is 1.67. The number of rotatable bonds is 6. The zero-order chi connectivity index (χ0) is 14.5. The van der Waals surface area contributed by atoms with Gasteiger partial charge in [-0.25, -0.2) is 0 Å². The van der Waals surface area contributed by atoms with Crippen LogP contribution < -0.4 is 10.1 Å². The first-order chi connectivity index (χ1) is 9.60. The van der Waals surface area contributed by atoms with Gasteiger partial charge in [0, 0.05) is 12.5 Å². The Morgan fingerprint density at radius 3 is 2.71 bits per heavy atom. The van der Waals surface area contributed by atoms with Gasteiger partial charge >= 0.3 is 0 Å². The standard InChI is InChI=1S/C14H18BrN3O2.ClH/c1-9(16-3)8-13-17-14(20-18-13)10(2)19-12-7-5-4-6-11(12)15;/h4-7,9-10,16H,8H2,1-3H3;1H. The van der Waals surface area contributed by atoms with Crippen molar-refractivity contribution in [3.8, 4) is 5.75 Å². The summed E-state index contributed by atoms with van der Waals surface area (Å²) in [6, 6.07) is 7.98. The van der Waals surface area contributed by atoms with Crippen molar-refractivity contribution in [2.45, 2.75) is 32.4 Å². The molecule has 2 rings (SSSR count). The summed E-state index contributed by atoms with van der Waals surface area (Å²) in [5, 5.41) is 7.11. The molecule has 1 N–H and O–H groups in total. The average Bonchev–Trinajstić information content (AvgIpc) is 2.89. The first-order valence-electron chi connectivity index (χ1n) is 6.51. The number of hydrogen-bond acceptors (Lipinski definition) is 5. The minimum Gasteiger partial charge on any atom is -0.480 e. The quantitative estimate of drug-likeness (QED) is 0.835. The first-order valence-corrected chi connectivity index (χ1v) is 7.30. The van der Waals surface area contributed by atoms with Gasteiger partial charge < -0.3 is 14.6 Å². The van der Waals surface area contributed by atoms with Crippen LogP contribution in [0.15, 0.2) is 33.3 Å². The summed E-state index contributed by atoms with van der Waals surface area (Å²) < 4.78 is 12.0. The van der Waals surface area contributed by atoms with Gasteiger partial charge in [0.25, 0.3) is 5.89 Å². The Balaban J connectivity index is 0.00000220. The van der Waals surface area contributed by atoms with Crippen LogP contribution in [-0.4, -0.2) is 23.2 Å². The van der Waals surface area contributed by atoms with Crippen molar-refractivity contribution in [1.29, 1.82) is 0 Å². The van der Waals surface area contributed by atoms with Crippen LogP contribution in [0.4, 0.5) is 0 Å². The van der Waals surface area contributed by atoms with E-state index in [0.717, 1.165) is 16.6 Å². The number of nitrogens with zero attached hydrogens (tertiary/aromatic N) is 2. The van der Waals surface area contributed by atoms with Gasteiger partial charge in [0.05, 0.1) is 4.47 Å². The van der Waals surface area contributed by atoms with Crippen molar-refractivity contribution in [2.24, 2.45) is 0 Å². The molecule has 5 nitrogen and oxygen atoms in total. The number of likely N-dealkylation sites (N-methyl/N-ethyl adjacent to an activating group) is 1. The maximum Gasteiger partial charge on any atom is 0.267 e. The second-order valence-electron chi connectivity index (χ2n) is 4.63. The third-order valence-electron chi connectivity index (χ3n) is 2.95. The van der Waals surface area contributed by atoms with Gasteiger partial charge in [0.2, 0.25) is 0 Å². The highest BCUT2D eigenvalue weighted by molar-refractivity contribution is 9.10. The molecular formula is C14H19BrClN3O2. The third-order valence-corrected chi connectivity index (χ3v) is 3.61. The van der Waals surface area contributed by atoms with Gasteiger partial charge in [-0.05, 0) is 49.0 Å². The highest BCUT2D eigenvalue weighted by Crippen LogP contribution is 2.28. The first kappa shape index (κ1) is 17.9. The molecule has 2 aromatic rings. The number of nitrogens with one attached hydrogen (secondary N) is 1. The van der Waals surface area contributed by atoms with Crippen molar-refractivity contribution >= 4 is 28.3 Å². The van der Waals surface area contributed by atoms with Crippen LogP contribution in [0.3, 0.4) is 0 Å². The Morgan fingerprint density at radius 1 is 1.33 bits per heavy atom. The van der Waals surface area contributed by atoms with Crippen LogP contribution in [0, 0.1) is 0 Å². The minimum absolute atomic E-state index is 0. The van der Waals surface area contributed by atoms with Crippen LogP contribution in [0.2, 0.25) is 0 Å². The van der Waals surface area contributed by atoms with Crippen molar-refractivity contribution < 1.29 is 9.26 Å². The lowest BCUT2D eigenvalue weighted by Crippen LogP contribution is -2.24. The Hall–Kier alpha value is -1.11. The zero-order valence-electron chi connectivity index (χ0n) is 12.2. The molecule has 0 saturated heterocycles. The largest absolute Gasteiger partial charge is 0.480 e. The maximum absolute atomic E-state index is 5.82. The molecule has 0 bridgehead atoms. The van der Waals surface area contributed by atoms with E-state index >= 15 is 0 Å². The molecule has 1 aromatic carbocycles. The number of benzene rings is 1. The van der Waals surface area contributed by atoms with E-state index in [1.807, 2.05) is 38.2 Å². The molecule has 2 unspecified atom stereocenters. The number of aromatic nitrogens is 2. The Morgan fingerprint density at radius 2 is 2.05 bits per heavy atom. The maximum atomic E-state index is 5.82. The summed E-state index contributed by atoms with van der Waals surface area (Å²) in [6.45, 7) is 3.95. The predicted molar refractivity (Wildman–Crippen MR) is 87.0 cm³/mol. The Bertz CT molecular complexity index is 565. The van der Waals surface area contributed by atoms with E-state index < -0.39 is 0 Å². The summed E-state index contributed by atoms with van der Waals surface area (Å²) in [5.41, 5.74) is 0. The Kier molecular flexibility index (Phi) is 7.14. The third kappa shape index (κ3) is 4.98. The number of ether oxygens (including phenoxy) is 1. The van der Waals surface area contributed by atoms with E-state index in [9.17, 15) is 0 Å². The molecule has 0 spiro atoms. The molecule has 0 aliphatic rings. The summed E-state index contributed by atoms with van der Waals surface area (Å²) in [7, 11) is 1.91. The molecule has 116 valence electrons. The zero-order valence-corrected chi connectivity index (χ0v) is 14.6. The van der Waals surface area contributed by atoms with E-state index in [2.05, 4.69) is 38.3 Å². The van der Waals surface area contributed by atoms with Crippen molar-refractivity contribution in [3.05, 3.63) is 40.5 Å². The van der Waals surface area contributed by atoms with Crippen molar-refractivity contribution in [2.75, 3.05) is 7.05 Å². The summed E-state index contributed by atoms with van der Waals surface area (Å²) in [4.78, 5) is 4.37. The lowest BCUT2D eigenvalue weighted by atomic mass is 10.2. The lowest BCUT2D eigenvalue weighted by Gasteiger charge is -2.11. The van der Waals surface area contributed by atoms with Crippen LogP contribution in [-0.2, 0) is 6.42 Å². The van der Waals surface area contributed by atoms with E-state index in [-0.39, 0.29) is 18.5 Å². The molecule has 0 amide bonds. The van der Waals surface area contributed by atoms with Gasteiger partial charge in [-0.2, -0.15) is 4.98 Å². The van der Waals surface area contributed by atoms with Gasteiger partial charge in [-0.1, -0.05) is 17.3 Å². The van der Waals surface area contributed by atoms with Crippen LogP contribution >= 0.6 is 28.3 Å². The van der Waals surface area contributed by atoms with Gasteiger partial charge in [0.1, 0.15) is 5.75 Å². The second kappa shape index (κ2) is 8.36.